The van der Waals surface area contributed by atoms with Gasteiger partial charge in [0.05, 0.1) is 11.5 Å². The Labute approximate surface area is 113 Å². The minimum absolute atomic E-state index is 0.0757. The molecule has 1 saturated carbocycles. The molecule has 3 unspecified atom stereocenters. The zero-order valence-corrected chi connectivity index (χ0v) is 11.4. The number of benzene rings is 1. The molecule has 3 atom stereocenters. The van der Waals surface area contributed by atoms with Gasteiger partial charge in [-0.05, 0) is 32.8 Å². The SMILES string of the molecule is CC(NC(=O)C1(C)CCCC1N)c1ccccc1F. The first-order chi connectivity index (χ1) is 8.95. The molecule has 1 aliphatic carbocycles. The van der Waals surface area contributed by atoms with Crippen molar-refractivity contribution < 1.29 is 9.18 Å². The summed E-state index contributed by atoms with van der Waals surface area (Å²) in [6.45, 7) is 3.69. The molecule has 1 aliphatic rings. The second kappa shape index (κ2) is 5.29. The number of hydrogen-bond acceptors (Lipinski definition) is 2. The second-order valence-electron chi connectivity index (χ2n) is 5.63. The molecular formula is C15H21FN2O. The lowest BCUT2D eigenvalue weighted by molar-refractivity contribution is -0.131. The Hall–Kier alpha value is -1.42. The van der Waals surface area contributed by atoms with Crippen molar-refractivity contribution in [3.8, 4) is 0 Å². The first-order valence-electron chi connectivity index (χ1n) is 6.76. The van der Waals surface area contributed by atoms with Gasteiger partial charge in [-0.3, -0.25) is 4.79 Å². The van der Waals surface area contributed by atoms with E-state index in [4.69, 9.17) is 5.73 Å². The van der Waals surface area contributed by atoms with Crippen LogP contribution in [0.25, 0.3) is 0 Å². The maximum absolute atomic E-state index is 13.7. The lowest BCUT2D eigenvalue weighted by Crippen LogP contribution is -2.48. The summed E-state index contributed by atoms with van der Waals surface area (Å²) in [5.74, 6) is -0.371. The lowest BCUT2D eigenvalue weighted by atomic mass is 9.84. The lowest BCUT2D eigenvalue weighted by Gasteiger charge is -2.29. The zero-order valence-electron chi connectivity index (χ0n) is 11.4. The van der Waals surface area contributed by atoms with Crippen LogP contribution in [0.2, 0.25) is 0 Å². The van der Waals surface area contributed by atoms with E-state index in [1.807, 2.05) is 6.92 Å². The molecule has 0 spiro atoms. The third kappa shape index (κ3) is 2.63. The summed E-state index contributed by atoms with van der Waals surface area (Å²) in [7, 11) is 0. The van der Waals surface area contributed by atoms with Gasteiger partial charge in [-0.15, -0.1) is 0 Å². The van der Waals surface area contributed by atoms with E-state index in [1.165, 1.54) is 6.07 Å². The Balaban J connectivity index is 2.09. The summed E-state index contributed by atoms with van der Waals surface area (Å²) in [5, 5.41) is 2.89. The molecule has 3 nitrogen and oxygen atoms in total. The van der Waals surface area contributed by atoms with Crippen LogP contribution >= 0.6 is 0 Å². The van der Waals surface area contributed by atoms with Crippen LogP contribution in [0.4, 0.5) is 4.39 Å². The maximum Gasteiger partial charge on any atom is 0.227 e. The van der Waals surface area contributed by atoms with Gasteiger partial charge in [-0.1, -0.05) is 24.6 Å². The van der Waals surface area contributed by atoms with Gasteiger partial charge in [0.2, 0.25) is 5.91 Å². The van der Waals surface area contributed by atoms with Crippen LogP contribution in [0.1, 0.15) is 44.7 Å². The van der Waals surface area contributed by atoms with E-state index in [2.05, 4.69) is 5.32 Å². The van der Waals surface area contributed by atoms with Crippen molar-refractivity contribution in [2.75, 3.05) is 0 Å². The molecular weight excluding hydrogens is 243 g/mol. The van der Waals surface area contributed by atoms with Crippen LogP contribution in [-0.2, 0) is 4.79 Å². The number of amides is 1. The monoisotopic (exact) mass is 264 g/mol. The number of carbonyl (C=O) groups is 1. The highest BCUT2D eigenvalue weighted by molar-refractivity contribution is 5.83. The van der Waals surface area contributed by atoms with Crippen LogP contribution in [0.3, 0.4) is 0 Å². The fourth-order valence-electron chi connectivity index (χ4n) is 2.74. The van der Waals surface area contributed by atoms with Crippen molar-refractivity contribution >= 4 is 5.91 Å². The van der Waals surface area contributed by atoms with Crippen molar-refractivity contribution in [2.24, 2.45) is 11.1 Å². The summed E-state index contributed by atoms with van der Waals surface area (Å²) >= 11 is 0. The number of nitrogens with two attached hydrogens (primary N) is 1. The third-order valence-electron chi connectivity index (χ3n) is 4.27. The fraction of sp³-hybridized carbons (Fsp3) is 0.533. The predicted octanol–water partition coefficient (Wildman–Crippen LogP) is 2.52. The molecule has 2 rings (SSSR count). The first kappa shape index (κ1) is 14.0. The van der Waals surface area contributed by atoms with Crippen LogP contribution < -0.4 is 11.1 Å². The van der Waals surface area contributed by atoms with Crippen molar-refractivity contribution in [1.82, 2.24) is 5.32 Å². The highest BCUT2D eigenvalue weighted by atomic mass is 19.1. The highest BCUT2D eigenvalue weighted by Crippen LogP contribution is 2.37. The van der Waals surface area contributed by atoms with E-state index in [1.54, 1.807) is 25.1 Å². The van der Waals surface area contributed by atoms with Crippen LogP contribution in [-0.4, -0.2) is 11.9 Å². The summed E-state index contributed by atoms with van der Waals surface area (Å²) in [5.41, 5.74) is 6.00. The average molecular weight is 264 g/mol. The van der Waals surface area contributed by atoms with Gasteiger partial charge in [-0.25, -0.2) is 4.39 Å². The third-order valence-corrected chi connectivity index (χ3v) is 4.27. The predicted molar refractivity (Wildman–Crippen MR) is 72.9 cm³/mol. The van der Waals surface area contributed by atoms with Gasteiger partial charge in [0.15, 0.2) is 0 Å². The molecule has 0 saturated heterocycles. The van der Waals surface area contributed by atoms with Crippen molar-refractivity contribution in [3.05, 3.63) is 35.6 Å². The Morgan fingerprint density at radius 2 is 2.21 bits per heavy atom. The highest BCUT2D eigenvalue weighted by Gasteiger charge is 2.43. The van der Waals surface area contributed by atoms with Gasteiger partial charge < -0.3 is 11.1 Å². The Kier molecular flexibility index (Phi) is 3.90. The number of rotatable bonds is 3. The first-order valence-corrected chi connectivity index (χ1v) is 6.76. The van der Waals surface area contributed by atoms with E-state index < -0.39 is 5.41 Å². The van der Waals surface area contributed by atoms with Gasteiger partial charge in [0.1, 0.15) is 5.82 Å². The molecule has 1 amide bonds. The maximum atomic E-state index is 13.7. The number of hydrogen-bond donors (Lipinski definition) is 2. The number of halogens is 1. The van der Waals surface area contributed by atoms with E-state index in [9.17, 15) is 9.18 Å². The topological polar surface area (TPSA) is 55.1 Å². The van der Waals surface area contributed by atoms with Gasteiger partial charge in [-0.2, -0.15) is 0 Å². The van der Waals surface area contributed by atoms with Gasteiger partial charge in [0.25, 0.3) is 0 Å². The summed E-state index contributed by atoms with van der Waals surface area (Å²) in [4.78, 5) is 12.4. The van der Waals surface area contributed by atoms with Crippen molar-refractivity contribution in [2.45, 2.75) is 45.2 Å². The average Bonchev–Trinajstić information content (AvgIpc) is 2.71. The number of carbonyl (C=O) groups excluding carboxylic acids is 1. The molecule has 19 heavy (non-hydrogen) atoms. The van der Waals surface area contributed by atoms with Crippen molar-refractivity contribution in [1.29, 1.82) is 0 Å². The summed E-state index contributed by atoms with van der Waals surface area (Å²) < 4.78 is 13.7. The van der Waals surface area contributed by atoms with Crippen molar-refractivity contribution in [3.63, 3.8) is 0 Å². The van der Waals surface area contributed by atoms with Crippen LogP contribution in [0.5, 0.6) is 0 Å². The Morgan fingerprint density at radius 3 is 2.79 bits per heavy atom. The molecule has 0 bridgehead atoms. The second-order valence-corrected chi connectivity index (χ2v) is 5.63. The fourth-order valence-corrected chi connectivity index (χ4v) is 2.74. The summed E-state index contributed by atoms with van der Waals surface area (Å²) in [6, 6.07) is 6.04. The van der Waals surface area contributed by atoms with E-state index in [0.29, 0.717) is 5.56 Å². The Bertz CT molecular complexity index is 477. The Morgan fingerprint density at radius 1 is 1.53 bits per heavy atom. The van der Waals surface area contributed by atoms with Crippen LogP contribution in [0.15, 0.2) is 24.3 Å². The molecule has 4 heteroatoms. The van der Waals surface area contributed by atoms with E-state index >= 15 is 0 Å². The molecule has 1 aromatic carbocycles. The van der Waals surface area contributed by atoms with Gasteiger partial charge in [0, 0.05) is 11.6 Å². The molecule has 1 fully saturated rings. The van der Waals surface area contributed by atoms with E-state index in [0.717, 1.165) is 19.3 Å². The number of nitrogens with one attached hydrogen (secondary N) is 1. The molecule has 0 aliphatic heterocycles. The molecule has 104 valence electrons. The minimum atomic E-state index is -0.528. The summed E-state index contributed by atoms with van der Waals surface area (Å²) in [6.07, 6.45) is 2.64. The van der Waals surface area contributed by atoms with E-state index in [-0.39, 0.29) is 23.8 Å². The largest absolute Gasteiger partial charge is 0.349 e. The molecule has 0 aromatic heterocycles. The molecule has 0 heterocycles. The van der Waals surface area contributed by atoms with Gasteiger partial charge >= 0.3 is 0 Å². The zero-order chi connectivity index (χ0) is 14.0. The van der Waals surface area contributed by atoms with Crippen LogP contribution in [0, 0.1) is 11.2 Å². The molecule has 0 radical (unpaired) electrons. The quantitative estimate of drug-likeness (QED) is 0.881. The minimum Gasteiger partial charge on any atom is -0.349 e. The smallest absolute Gasteiger partial charge is 0.227 e. The standard InChI is InChI=1S/C15H21FN2O/c1-10(11-6-3-4-7-12(11)16)18-14(19)15(2)9-5-8-13(15)17/h3-4,6-7,10,13H,5,8-9,17H2,1-2H3,(H,18,19). The molecule has 1 aromatic rings. The molecule has 3 N–H and O–H groups in total. The normalized spacial score (nSPS) is 28.1.